The van der Waals surface area contributed by atoms with Crippen LogP contribution in [-0.4, -0.2) is 61.0 Å². The molecule has 5 nitrogen and oxygen atoms in total. The molecule has 0 bridgehead atoms. The zero-order valence-electron chi connectivity index (χ0n) is 14.1. The van der Waals surface area contributed by atoms with Crippen molar-refractivity contribution in [3.05, 3.63) is 40.7 Å². The number of anilines is 1. The second-order valence-corrected chi connectivity index (χ2v) is 7.15. The largest absolute Gasteiger partial charge is 0.383 e. The maximum atomic E-state index is 13.0. The Morgan fingerprint density at radius 3 is 2.75 bits per heavy atom. The minimum atomic E-state index is -0.211. The highest BCUT2D eigenvalue weighted by Gasteiger charge is 2.25. The van der Waals surface area contributed by atoms with E-state index in [4.69, 9.17) is 4.74 Å². The van der Waals surface area contributed by atoms with Gasteiger partial charge in [0, 0.05) is 45.8 Å². The molecule has 0 amide bonds. The summed E-state index contributed by atoms with van der Waals surface area (Å²) in [5.74, 6) is -0.211. The van der Waals surface area contributed by atoms with Gasteiger partial charge in [-0.25, -0.2) is 4.39 Å². The van der Waals surface area contributed by atoms with E-state index < -0.39 is 0 Å². The smallest absolute Gasteiger partial charge is 0.208 e. The second kappa shape index (κ2) is 8.00. The lowest BCUT2D eigenvalue weighted by atomic mass is 10.2. The molecule has 0 radical (unpaired) electrons. The van der Waals surface area contributed by atoms with Crippen LogP contribution in [0, 0.1) is 5.82 Å². The van der Waals surface area contributed by atoms with Gasteiger partial charge in [0.2, 0.25) is 5.13 Å². The first-order valence-electron chi connectivity index (χ1n) is 8.20. The molecule has 2 aromatic rings. The number of aromatic nitrogens is 2. The molecular formula is C17H23FN4OS. The summed E-state index contributed by atoms with van der Waals surface area (Å²) in [6.07, 6.45) is 0.696. The van der Waals surface area contributed by atoms with Gasteiger partial charge >= 0.3 is 0 Å². The van der Waals surface area contributed by atoms with Crippen molar-refractivity contribution in [1.29, 1.82) is 0 Å². The van der Waals surface area contributed by atoms with Gasteiger partial charge in [-0.3, -0.25) is 4.90 Å². The third-order valence-electron chi connectivity index (χ3n) is 4.34. The van der Waals surface area contributed by atoms with Crippen molar-refractivity contribution < 1.29 is 9.13 Å². The molecule has 2 heterocycles. The number of halogens is 1. The number of hydrogen-bond acceptors (Lipinski definition) is 6. The van der Waals surface area contributed by atoms with Crippen molar-refractivity contribution in [3.63, 3.8) is 0 Å². The first-order valence-corrected chi connectivity index (χ1v) is 9.02. The van der Waals surface area contributed by atoms with Crippen molar-refractivity contribution in [2.75, 3.05) is 44.8 Å². The Morgan fingerprint density at radius 1 is 1.25 bits per heavy atom. The van der Waals surface area contributed by atoms with Crippen LogP contribution in [0.4, 0.5) is 9.52 Å². The van der Waals surface area contributed by atoms with Crippen molar-refractivity contribution in [2.45, 2.75) is 19.4 Å². The van der Waals surface area contributed by atoms with Crippen LogP contribution in [0.2, 0.25) is 0 Å². The molecule has 1 fully saturated rings. The lowest BCUT2D eigenvalue weighted by Crippen LogP contribution is -2.52. The summed E-state index contributed by atoms with van der Waals surface area (Å²) >= 11 is 1.63. The molecule has 1 aromatic heterocycles. The van der Waals surface area contributed by atoms with E-state index in [1.54, 1.807) is 30.6 Å². The number of piperazine rings is 1. The van der Waals surface area contributed by atoms with Crippen LogP contribution in [0.25, 0.3) is 0 Å². The Bertz CT molecular complexity index is 648. The summed E-state index contributed by atoms with van der Waals surface area (Å²) in [7, 11) is 1.74. The van der Waals surface area contributed by atoms with Gasteiger partial charge < -0.3 is 9.64 Å². The summed E-state index contributed by atoms with van der Waals surface area (Å²) < 4.78 is 18.1. The highest BCUT2D eigenvalue weighted by atomic mass is 32.1. The number of methoxy groups -OCH3 is 1. The molecule has 1 aromatic carbocycles. The molecule has 0 saturated carbocycles. The lowest BCUT2D eigenvalue weighted by molar-refractivity contribution is 0.117. The third-order valence-corrected chi connectivity index (χ3v) is 5.33. The highest BCUT2D eigenvalue weighted by Crippen LogP contribution is 2.24. The van der Waals surface area contributed by atoms with E-state index in [0.29, 0.717) is 12.5 Å². The number of nitrogens with zero attached hydrogens (tertiary/aromatic N) is 4. The van der Waals surface area contributed by atoms with Crippen molar-refractivity contribution in [2.24, 2.45) is 0 Å². The van der Waals surface area contributed by atoms with Gasteiger partial charge in [-0.15, -0.1) is 10.2 Å². The van der Waals surface area contributed by atoms with Crippen LogP contribution in [0.15, 0.2) is 24.3 Å². The van der Waals surface area contributed by atoms with E-state index in [0.717, 1.165) is 48.5 Å². The fourth-order valence-electron chi connectivity index (χ4n) is 2.93. The number of ether oxygens (including phenoxy) is 1. The Balaban J connectivity index is 1.58. The Labute approximate surface area is 146 Å². The topological polar surface area (TPSA) is 41.5 Å². The van der Waals surface area contributed by atoms with Crippen LogP contribution in [0.3, 0.4) is 0 Å². The highest BCUT2D eigenvalue weighted by molar-refractivity contribution is 7.15. The molecule has 1 aliphatic rings. The van der Waals surface area contributed by atoms with Crippen molar-refractivity contribution in [3.8, 4) is 0 Å². The summed E-state index contributed by atoms with van der Waals surface area (Å²) in [5, 5.41) is 10.6. The van der Waals surface area contributed by atoms with Gasteiger partial charge in [0.25, 0.3) is 0 Å². The third kappa shape index (κ3) is 4.28. The summed E-state index contributed by atoms with van der Waals surface area (Å²) in [6.45, 7) is 6.90. The van der Waals surface area contributed by atoms with Crippen LogP contribution in [0.1, 0.15) is 17.5 Å². The zero-order valence-corrected chi connectivity index (χ0v) is 14.9. The number of hydrogen-bond donors (Lipinski definition) is 0. The van der Waals surface area contributed by atoms with E-state index in [9.17, 15) is 4.39 Å². The van der Waals surface area contributed by atoms with E-state index in [1.807, 2.05) is 0 Å². The standard InChI is InChI=1S/C17H23FN4OS/c1-13-12-22(8-7-21(13)9-10-23-2)17-20-19-16(24-17)11-14-3-5-15(18)6-4-14/h3-6,13H,7-12H2,1-2H3. The van der Waals surface area contributed by atoms with Gasteiger partial charge in [0.15, 0.2) is 0 Å². The fourth-order valence-corrected chi connectivity index (χ4v) is 3.84. The van der Waals surface area contributed by atoms with E-state index in [-0.39, 0.29) is 5.82 Å². The summed E-state index contributed by atoms with van der Waals surface area (Å²) in [4.78, 5) is 4.75. The molecule has 1 aliphatic heterocycles. The summed E-state index contributed by atoms with van der Waals surface area (Å²) in [6, 6.07) is 7.04. The SMILES string of the molecule is COCCN1CCN(c2nnc(Cc3ccc(F)cc3)s2)CC1C. The van der Waals surface area contributed by atoms with Gasteiger partial charge in [-0.1, -0.05) is 23.5 Å². The molecular weight excluding hydrogens is 327 g/mol. The normalized spacial score (nSPS) is 19.0. The molecule has 130 valence electrons. The molecule has 1 unspecified atom stereocenters. The second-order valence-electron chi connectivity index (χ2n) is 6.11. The first kappa shape index (κ1) is 17.3. The van der Waals surface area contributed by atoms with Crippen molar-refractivity contribution >= 4 is 16.5 Å². The van der Waals surface area contributed by atoms with Crippen LogP contribution in [-0.2, 0) is 11.2 Å². The van der Waals surface area contributed by atoms with E-state index >= 15 is 0 Å². The van der Waals surface area contributed by atoms with Crippen LogP contribution < -0.4 is 4.90 Å². The predicted molar refractivity (Wildman–Crippen MR) is 94.2 cm³/mol. The first-order chi connectivity index (χ1) is 11.7. The predicted octanol–water partition coefficient (Wildman–Crippen LogP) is 2.42. The minimum absolute atomic E-state index is 0.211. The molecule has 24 heavy (non-hydrogen) atoms. The maximum absolute atomic E-state index is 13.0. The Morgan fingerprint density at radius 2 is 2.04 bits per heavy atom. The Hall–Kier alpha value is -1.57. The minimum Gasteiger partial charge on any atom is -0.383 e. The van der Waals surface area contributed by atoms with Crippen molar-refractivity contribution in [1.82, 2.24) is 15.1 Å². The average Bonchev–Trinajstić information content (AvgIpc) is 3.04. The molecule has 0 N–H and O–H groups in total. The van der Waals surface area contributed by atoms with E-state index in [2.05, 4.69) is 26.9 Å². The number of rotatable bonds is 6. The lowest BCUT2D eigenvalue weighted by Gasteiger charge is -2.39. The maximum Gasteiger partial charge on any atom is 0.208 e. The molecule has 7 heteroatoms. The quantitative estimate of drug-likeness (QED) is 0.800. The van der Waals surface area contributed by atoms with E-state index in [1.165, 1.54) is 12.1 Å². The Kier molecular flexibility index (Phi) is 5.76. The van der Waals surface area contributed by atoms with Crippen LogP contribution in [0.5, 0.6) is 0 Å². The zero-order chi connectivity index (χ0) is 16.9. The van der Waals surface area contributed by atoms with Gasteiger partial charge in [-0.05, 0) is 24.6 Å². The fraction of sp³-hybridized carbons (Fsp3) is 0.529. The molecule has 3 rings (SSSR count). The van der Waals surface area contributed by atoms with Crippen LogP contribution >= 0.6 is 11.3 Å². The monoisotopic (exact) mass is 350 g/mol. The molecule has 0 aliphatic carbocycles. The number of benzene rings is 1. The van der Waals surface area contributed by atoms with Gasteiger partial charge in [0.1, 0.15) is 10.8 Å². The molecule has 1 atom stereocenters. The van der Waals surface area contributed by atoms with Gasteiger partial charge in [-0.2, -0.15) is 0 Å². The molecule has 1 saturated heterocycles. The summed E-state index contributed by atoms with van der Waals surface area (Å²) in [5.41, 5.74) is 1.05. The average molecular weight is 350 g/mol. The molecule has 0 spiro atoms. The van der Waals surface area contributed by atoms with Gasteiger partial charge in [0.05, 0.1) is 6.61 Å².